The van der Waals surface area contributed by atoms with Crippen LogP contribution in [-0.4, -0.2) is 22.8 Å². The van der Waals surface area contributed by atoms with Gasteiger partial charge in [-0.25, -0.2) is 0 Å². The second kappa shape index (κ2) is 7.02. The summed E-state index contributed by atoms with van der Waals surface area (Å²) in [7, 11) is 0. The van der Waals surface area contributed by atoms with Crippen molar-refractivity contribution in [1.82, 2.24) is 5.32 Å². The maximum absolute atomic E-state index is 11.9. The van der Waals surface area contributed by atoms with E-state index in [-0.39, 0.29) is 17.4 Å². The van der Waals surface area contributed by atoms with Gasteiger partial charge in [0, 0.05) is 23.9 Å². The van der Waals surface area contributed by atoms with Crippen LogP contribution in [0.3, 0.4) is 0 Å². The predicted molar refractivity (Wildman–Crippen MR) is 81.3 cm³/mol. The summed E-state index contributed by atoms with van der Waals surface area (Å²) in [6.07, 6.45) is 4.10. The fraction of sp³-hybridized carbons (Fsp3) is 0.467. The van der Waals surface area contributed by atoms with Crippen LogP contribution in [0, 0.1) is 16.0 Å². The third kappa shape index (κ3) is 4.03. The number of carbonyl (C=O) groups excluding carboxylic acids is 2. The van der Waals surface area contributed by atoms with Crippen LogP contribution in [0.1, 0.15) is 32.6 Å². The number of amides is 2. The minimum Gasteiger partial charge on any atom is -0.345 e. The molecule has 2 amide bonds. The van der Waals surface area contributed by atoms with Crippen LogP contribution in [0.25, 0.3) is 0 Å². The number of anilines is 1. The second-order valence-electron chi connectivity index (χ2n) is 5.60. The van der Waals surface area contributed by atoms with Crippen molar-refractivity contribution in [3.05, 3.63) is 34.4 Å². The first kappa shape index (κ1) is 15.9. The molecule has 0 aromatic heterocycles. The Hall–Kier alpha value is -2.44. The van der Waals surface area contributed by atoms with Crippen molar-refractivity contribution in [2.24, 2.45) is 5.92 Å². The molecule has 0 saturated heterocycles. The van der Waals surface area contributed by atoms with Gasteiger partial charge in [0.1, 0.15) is 0 Å². The Bertz CT molecular complexity index is 588. The molecule has 1 saturated carbocycles. The first-order valence-corrected chi connectivity index (χ1v) is 7.33. The van der Waals surface area contributed by atoms with E-state index < -0.39 is 16.7 Å². The summed E-state index contributed by atoms with van der Waals surface area (Å²) in [6.45, 7) is 2.06. The highest BCUT2D eigenvalue weighted by molar-refractivity contribution is 6.39. The molecule has 7 nitrogen and oxygen atoms in total. The summed E-state index contributed by atoms with van der Waals surface area (Å²) < 4.78 is 0. The fourth-order valence-corrected chi connectivity index (χ4v) is 2.65. The molecule has 2 unspecified atom stereocenters. The van der Waals surface area contributed by atoms with E-state index in [4.69, 9.17) is 0 Å². The lowest BCUT2D eigenvalue weighted by atomic mass is 9.86. The lowest BCUT2D eigenvalue weighted by Crippen LogP contribution is -2.45. The summed E-state index contributed by atoms with van der Waals surface area (Å²) in [5.41, 5.74) is 0.0881. The van der Waals surface area contributed by atoms with Gasteiger partial charge in [-0.1, -0.05) is 25.8 Å². The van der Waals surface area contributed by atoms with Gasteiger partial charge in [0.25, 0.3) is 5.69 Å². The van der Waals surface area contributed by atoms with Crippen molar-refractivity contribution in [1.29, 1.82) is 0 Å². The summed E-state index contributed by atoms with van der Waals surface area (Å²) >= 11 is 0. The summed E-state index contributed by atoms with van der Waals surface area (Å²) in [5, 5.41) is 15.8. The first-order valence-electron chi connectivity index (χ1n) is 7.33. The summed E-state index contributed by atoms with van der Waals surface area (Å²) in [4.78, 5) is 33.9. The lowest BCUT2D eigenvalue weighted by Gasteiger charge is -2.29. The molecular formula is C15H19N3O4. The molecule has 118 valence electrons. The van der Waals surface area contributed by atoms with Gasteiger partial charge in [-0.15, -0.1) is 0 Å². The monoisotopic (exact) mass is 305 g/mol. The molecule has 0 radical (unpaired) electrons. The molecule has 1 aromatic carbocycles. The van der Waals surface area contributed by atoms with E-state index in [1.165, 1.54) is 24.3 Å². The molecule has 2 N–H and O–H groups in total. The number of rotatable bonds is 3. The van der Waals surface area contributed by atoms with E-state index >= 15 is 0 Å². The van der Waals surface area contributed by atoms with E-state index in [0.29, 0.717) is 5.92 Å². The Kier molecular flexibility index (Phi) is 5.08. The van der Waals surface area contributed by atoms with Crippen LogP contribution in [0.4, 0.5) is 11.4 Å². The molecule has 0 aliphatic heterocycles. The highest BCUT2D eigenvalue weighted by atomic mass is 16.6. The van der Waals surface area contributed by atoms with Gasteiger partial charge in [-0.3, -0.25) is 19.7 Å². The van der Waals surface area contributed by atoms with Crippen molar-refractivity contribution < 1.29 is 14.5 Å². The Morgan fingerprint density at radius 2 is 1.95 bits per heavy atom. The largest absolute Gasteiger partial charge is 0.345 e. The molecule has 0 heterocycles. The molecule has 0 bridgehead atoms. The third-order valence-corrected chi connectivity index (χ3v) is 3.95. The second-order valence-corrected chi connectivity index (χ2v) is 5.60. The molecule has 22 heavy (non-hydrogen) atoms. The van der Waals surface area contributed by atoms with Crippen LogP contribution in [0.15, 0.2) is 24.3 Å². The van der Waals surface area contributed by atoms with Crippen LogP contribution in [0.5, 0.6) is 0 Å². The smallest absolute Gasteiger partial charge is 0.313 e. The van der Waals surface area contributed by atoms with Gasteiger partial charge < -0.3 is 10.6 Å². The molecular weight excluding hydrogens is 286 g/mol. The Morgan fingerprint density at radius 1 is 1.23 bits per heavy atom. The Labute approximate surface area is 128 Å². The molecule has 7 heteroatoms. The highest BCUT2D eigenvalue weighted by Crippen LogP contribution is 2.23. The zero-order valence-electron chi connectivity index (χ0n) is 12.4. The minimum absolute atomic E-state index is 0.0112. The zero-order valence-corrected chi connectivity index (χ0v) is 12.4. The van der Waals surface area contributed by atoms with Crippen molar-refractivity contribution in [3.63, 3.8) is 0 Å². The number of nitrogens with one attached hydrogen (secondary N) is 2. The van der Waals surface area contributed by atoms with E-state index in [1.807, 2.05) is 0 Å². The molecule has 2 atom stereocenters. The Balaban J connectivity index is 1.95. The summed E-state index contributed by atoms with van der Waals surface area (Å²) in [6, 6.07) is 5.50. The van der Waals surface area contributed by atoms with Gasteiger partial charge >= 0.3 is 11.8 Å². The van der Waals surface area contributed by atoms with Gasteiger partial charge in [0.15, 0.2) is 0 Å². The number of carbonyl (C=O) groups is 2. The van der Waals surface area contributed by atoms with Gasteiger partial charge in [0.05, 0.1) is 4.92 Å². The van der Waals surface area contributed by atoms with E-state index in [0.717, 1.165) is 25.7 Å². The third-order valence-electron chi connectivity index (χ3n) is 3.95. The first-order chi connectivity index (χ1) is 10.5. The highest BCUT2D eigenvalue weighted by Gasteiger charge is 2.25. The van der Waals surface area contributed by atoms with Crippen LogP contribution >= 0.6 is 0 Å². The van der Waals surface area contributed by atoms with Crippen LogP contribution < -0.4 is 10.6 Å². The number of benzene rings is 1. The van der Waals surface area contributed by atoms with E-state index in [2.05, 4.69) is 17.6 Å². The molecule has 1 aliphatic rings. The normalized spacial score (nSPS) is 21.0. The topological polar surface area (TPSA) is 101 Å². The summed E-state index contributed by atoms with van der Waals surface area (Å²) in [5.74, 6) is -1.16. The van der Waals surface area contributed by atoms with Crippen LogP contribution in [-0.2, 0) is 9.59 Å². The maximum atomic E-state index is 11.9. The predicted octanol–water partition coefficient (Wildman–Crippen LogP) is 2.23. The van der Waals surface area contributed by atoms with E-state index in [9.17, 15) is 19.7 Å². The Morgan fingerprint density at radius 3 is 2.64 bits per heavy atom. The number of nitrogens with zero attached hydrogens (tertiary/aromatic N) is 1. The molecule has 1 aromatic rings. The number of nitro benzene ring substituents is 1. The van der Waals surface area contributed by atoms with E-state index in [1.54, 1.807) is 0 Å². The van der Waals surface area contributed by atoms with Crippen LogP contribution in [0.2, 0.25) is 0 Å². The maximum Gasteiger partial charge on any atom is 0.313 e. The SMILES string of the molecule is CC1CCCCC1NC(=O)C(=O)Nc1cccc([N+](=O)[O-])c1. The molecule has 1 fully saturated rings. The average Bonchev–Trinajstić information content (AvgIpc) is 2.49. The minimum atomic E-state index is -0.807. The quantitative estimate of drug-likeness (QED) is 0.508. The number of non-ortho nitro benzene ring substituents is 1. The molecule has 0 spiro atoms. The van der Waals surface area contributed by atoms with Crippen molar-refractivity contribution in [2.75, 3.05) is 5.32 Å². The van der Waals surface area contributed by atoms with Crippen molar-refractivity contribution in [3.8, 4) is 0 Å². The number of hydrogen-bond donors (Lipinski definition) is 2. The van der Waals surface area contributed by atoms with Crippen molar-refractivity contribution >= 4 is 23.2 Å². The van der Waals surface area contributed by atoms with Gasteiger partial charge in [-0.2, -0.15) is 0 Å². The standard InChI is InChI=1S/C15H19N3O4/c1-10-5-2-3-8-13(10)17-15(20)14(19)16-11-6-4-7-12(9-11)18(21)22/h4,6-7,9-10,13H,2-3,5,8H2,1H3,(H,16,19)(H,17,20). The molecule has 2 rings (SSSR count). The fourth-order valence-electron chi connectivity index (χ4n) is 2.65. The van der Waals surface area contributed by atoms with Gasteiger partial charge in [-0.05, 0) is 24.8 Å². The lowest BCUT2D eigenvalue weighted by molar-refractivity contribution is -0.384. The van der Waals surface area contributed by atoms with Crippen molar-refractivity contribution in [2.45, 2.75) is 38.6 Å². The number of nitro groups is 1. The number of hydrogen-bond acceptors (Lipinski definition) is 4. The molecule has 1 aliphatic carbocycles. The zero-order chi connectivity index (χ0) is 16.1. The van der Waals surface area contributed by atoms with Gasteiger partial charge in [0.2, 0.25) is 0 Å². The average molecular weight is 305 g/mol.